The van der Waals surface area contributed by atoms with E-state index in [9.17, 15) is 13.2 Å². The molecule has 1 aromatic rings. The fraction of sp³-hybridized carbons (Fsp3) is 0.667. The summed E-state index contributed by atoms with van der Waals surface area (Å²) in [4.78, 5) is 14.6. The third-order valence-corrected chi connectivity index (χ3v) is 6.26. The van der Waals surface area contributed by atoms with Gasteiger partial charge in [0.05, 0.1) is 6.54 Å². The monoisotopic (exact) mass is 344 g/mol. The Labute approximate surface area is 136 Å². The highest BCUT2D eigenvalue weighted by atomic mass is 32.2. The topological polar surface area (TPSA) is 66.5 Å². The SMILES string of the molecule is CC1CCC(NS(=O)(=O)CC(=O)N(C)Cc2cccs2)CC1. The molecule has 22 heavy (non-hydrogen) atoms. The molecule has 0 aliphatic heterocycles. The summed E-state index contributed by atoms with van der Waals surface area (Å²) in [6.07, 6.45) is 3.80. The lowest BCUT2D eigenvalue weighted by Gasteiger charge is -2.27. The summed E-state index contributed by atoms with van der Waals surface area (Å²) in [5.41, 5.74) is 0. The Bertz CT molecular complexity index is 576. The van der Waals surface area contributed by atoms with Crippen LogP contribution in [0.2, 0.25) is 0 Å². The van der Waals surface area contributed by atoms with Gasteiger partial charge in [0.15, 0.2) is 0 Å². The van der Waals surface area contributed by atoms with Crippen molar-refractivity contribution in [3.8, 4) is 0 Å². The van der Waals surface area contributed by atoms with Crippen LogP contribution in [0.3, 0.4) is 0 Å². The van der Waals surface area contributed by atoms with E-state index in [1.165, 1.54) is 4.90 Å². The highest BCUT2D eigenvalue weighted by molar-refractivity contribution is 7.90. The van der Waals surface area contributed by atoms with Crippen molar-refractivity contribution in [1.82, 2.24) is 9.62 Å². The molecule has 1 fully saturated rings. The van der Waals surface area contributed by atoms with E-state index in [4.69, 9.17) is 0 Å². The number of carbonyl (C=O) groups is 1. The van der Waals surface area contributed by atoms with Crippen LogP contribution in [-0.4, -0.2) is 38.1 Å². The first-order chi connectivity index (χ1) is 10.4. The quantitative estimate of drug-likeness (QED) is 0.860. The molecule has 0 bridgehead atoms. The molecule has 5 nitrogen and oxygen atoms in total. The summed E-state index contributed by atoms with van der Waals surface area (Å²) in [6, 6.07) is 3.84. The molecule has 0 aromatic carbocycles. The van der Waals surface area contributed by atoms with Crippen molar-refractivity contribution in [3.63, 3.8) is 0 Å². The molecule has 1 aromatic heterocycles. The minimum atomic E-state index is -3.56. The Morgan fingerprint density at radius 3 is 2.64 bits per heavy atom. The second-order valence-corrected chi connectivity index (χ2v) is 8.95. The number of thiophene rings is 1. The lowest BCUT2D eigenvalue weighted by molar-refractivity contribution is -0.127. The van der Waals surface area contributed by atoms with Gasteiger partial charge in [-0.15, -0.1) is 11.3 Å². The molecular formula is C15H24N2O3S2. The van der Waals surface area contributed by atoms with E-state index in [0.717, 1.165) is 30.6 Å². The first kappa shape index (κ1) is 17.4. The molecule has 1 heterocycles. The van der Waals surface area contributed by atoms with Crippen molar-refractivity contribution >= 4 is 27.3 Å². The van der Waals surface area contributed by atoms with Gasteiger partial charge in [-0.1, -0.05) is 13.0 Å². The fourth-order valence-corrected chi connectivity index (χ4v) is 4.80. The average molecular weight is 345 g/mol. The minimum Gasteiger partial charge on any atom is -0.340 e. The van der Waals surface area contributed by atoms with Gasteiger partial charge in [0, 0.05) is 18.0 Å². The number of sulfonamides is 1. The predicted molar refractivity (Wildman–Crippen MR) is 89.1 cm³/mol. The van der Waals surface area contributed by atoms with Gasteiger partial charge < -0.3 is 4.90 Å². The molecule has 1 N–H and O–H groups in total. The minimum absolute atomic E-state index is 0.0170. The van der Waals surface area contributed by atoms with E-state index in [2.05, 4.69) is 11.6 Å². The van der Waals surface area contributed by atoms with Crippen molar-refractivity contribution in [2.75, 3.05) is 12.8 Å². The Balaban J connectivity index is 1.83. The van der Waals surface area contributed by atoms with Crippen molar-refractivity contribution in [3.05, 3.63) is 22.4 Å². The lowest BCUT2D eigenvalue weighted by Crippen LogP contribution is -2.42. The van der Waals surface area contributed by atoms with Gasteiger partial charge in [0.2, 0.25) is 15.9 Å². The molecule has 7 heteroatoms. The number of hydrogen-bond acceptors (Lipinski definition) is 4. The predicted octanol–water partition coefficient (Wildman–Crippen LogP) is 2.20. The summed E-state index contributed by atoms with van der Waals surface area (Å²) in [5.74, 6) is -0.176. The standard InChI is InChI=1S/C15H24N2O3S2/c1-12-5-7-13(8-6-12)16-22(19,20)11-15(18)17(2)10-14-4-3-9-21-14/h3-4,9,12-13,16H,5-8,10-11H2,1-2H3. The molecule has 0 unspecified atom stereocenters. The van der Waals surface area contributed by atoms with Gasteiger partial charge in [-0.2, -0.15) is 0 Å². The summed E-state index contributed by atoms with van der Waals surface area (Å²) in [5, 5.41) is 1.94. The second kappa shape index (κ2) is 7.57. The molecule has 1 amide bonds. The summed E-state index contributed by atoms with van der Waals surface area (Å²) >= 11 is 1.56. The number of hydrogen-bond donors (Lipinski definition) is 1. The maximum absolute atomic E-state index is 12.1. The molecule has 0 spiro atoms. The van der Waals surface area contributed by atoms with Gasteiger partial charge in [-0.05, 0) is 43.0 Å². The number of nitrogens with zero attached hydrogens (tertiary/aromatic N) is 1. The number of rotatable bonds is 6. The first-order valence-electron chi connectivity index (χ1n) is 7.62. The van der Waals surface area contributed by atoms with Crippen LogP contribution in [0.25, 0.3) is 0 Å². The van der Waals surface area contributed by atoms with Gasteiger partial charge in [0.25, 0.3) is 0 Å². The van der Waals surface area contributed by atoms with E-state index in [1.54, 1.807) is 18.4 Å². The Morgan fingerprint density at radius 2 is 2.05 bits per heavy atom. The zero-order valence-corrected chi connectivity index (χ0v) is 14.8. The van der Waals surface area contributed by atoms with Crippen LogP contribution in [0.5, 0.6) is 0 Å². The Morgan fingerprint density at radius 1 is 1.36 bits per heavy atom. The first-order valence-corrected chi connectivity index (χ1v) is 10.2. The third-order valence-electron chi connectivity index (χ3n) is 4.07. The van der Waals surface area contributed by atoms with E-state index in [-0.39, 0.29) is 11.9 Å². The molecule has 0 radical (unpaired) electrons. The molecule has 124 valence electrons. The second-order valence-electron chi connectivity index (χ2n) is 6.16. The zero-order chi connectivity index (χ0) is 16.2. The summed E-state index contributed by atoms with van der Waals surface area (Å²) in [6.45, 7) is 2.64. The van der Waals surface area contributed by atoms with Gasteiger partial charge >= 0.3 is 0 Å². The summed E-state index contributed by atoms with van der Waals surface area (Å²) in [7, 11) is -1.92. The summed E-state index contributed by atoms with van der Waals surface area (Å²) < 4.78 is 27.0. The van der Waals surface area contributed by atoms with Crippen molar-refractivity contribution < 1.29 is 13.2 Å². The normalized spacial score (nSPS) is 22.5. The van der Waals surface area contributed by atoms with E-state index < -0.39 is 15.8 Å². The van der Waals surface area contributed by atoms with Crippen molar-refractivity contribution in [2.24, 2.45) is 5.92 Å². The van der Waals surface area contributed by atoms with Gasteiger partial charge in [-0.25, -0.2) is 13.1 Å². The van der Waals surface area contributed by atoms with Crippen LogP contribution in [0.4, 0.5) is 0 Å². The average Bonchev–Trinajstić information content (AvgIpc) is 2.93. The highest BCUT2D eigenvalue weighted by Crippen LogP contribution is 2.23. The van der Waals surface area contributed by atoms with E-state index in [0.29, 0.717) is 12.5 Å². The van der Waals surface area contributed by atoms with E-state index >= 15 is 0 Å². The van der Waals surface area contributed by atoms with Crippen LogP contribution < -0.4 is 4.72 Å². The van der Waals surface area contributed by atoms with Crippen LogP contribution in [-0.2, 0) is 21.4 Å². The maximum atomic E-state index is 12.1. The van der Waals surface area contributed by atoms with Crippen LogP contribution >= 0.6 is 11.3 Å². The number of nitrogens with one attached hydrogen (secondary N) is 1. The number of amides is 1. The molecule has 1 aliphatic rings. The van der Waals surface area contributed by atoms with Gasteiger partial charge in [0.1, 0.15) is 5.75 Å². The van der Waals surface area contributed by atoms with Crippen molar-refractivity contribution in [1.29, 1.82) is 0 Å². The molecule has 0 saturated heterocycles. The molecule has 1 saturated carbocycles. The smallest absolute Gasteiger partial charge is 0.239 e. The molecule has 2 rings (SSSR count). The van der Waals surface area contributed by atoms with Crippen LogP contribution in [0.1, 0.15) is 37.5 Å². The third kappa shape index (κ3) is 5.37. The fourth-order valence-electron chi connectivity index (χ4n) is 2.67. The zero-order valence-electron chi connectivity index (χ0n) is 13.1. The van der Waals surface area contributed by atoms with Crippen molar-refractivity contribution in [2.45, 2.75) is 45.2 Å². The Hall–Kier alpha value is -0.920. The lowest BCUT2D eigenvalue weighted by atomic mass is 9.88. The highest BCUT2D eigenvalue weighted by Gasteiger charge is 2.25. The molecule has 0 atom stereocenters. The number of carbonyl (C=O) groups excluding carboxylic acids is 1. The Kier molecular flexibility index (Phi) is 6.00. The maximum Gasteiger partial charge on any atom is 0.239 e. The molecular weight excluding hydrogens is 320 g/mol. The van der Waals surface area contributed by atoms with E-state index in [1.807, 2.05) is 17.5 Å². The van der Waals surface area contributed by atoms with Crippen LogP contribution in [0.15, 0.2) is 17.5 Å². The molecule has 1 aliphatic carbocycles. The largest absolute Gasteiger partial charge is 0.340 e. The van der Waals surface area contributed by atoms with Gasteiger partial charge in [-0.3, -0.25) is 4.79 Å². The van der Waals surface area contributed by atoms with Crippen LogP contribution in [0, 0.1) is 5.92 Å².